The Hall–Kier alpha value is -1.95. The summed E-state index contributed by atoms with van der Waals surface area (Å²) in [7, 11) is 1.73. The summed E-state index contributed by atoms with van der Waals surface area (Å²) in [5, 5.41) is 12.9. The average Bonchev–Trinajstić information content (AvgIpc) is 2.76. The number of methoxy groups -OCH3 is 1. The second-order valence-electron chi connectivity index (χ2n) is 7.50. The first-order chi connectivity index (χ1) is 13.6. The Morgan fingerprint density at radius 3 is 2.39 bits per heavy atom. The number of rotatable bonds is 9. The van der Waals surface area contributed by atoms with Gasteiger partial charge in [-0.3, -0.25) is 4.99 Å². The van der Waals surface area contributed by atoms with Crippen LogP contribution >= 0.6 is 0 Å². The Kier molecular flexibility index (Phi) is 8.90. The van der Waals surface area contributed by atoms with Gasteiger partial charge in [0.05, 0.1) is 12.8 Å². The van der Waals surface area contributed by atoms with Gasteiger partial charge in [-0.1, -0.05) is 26.0 Å². The molecule has 6 heteroatoms. The van der Waals surface area contributed by atoms with E-state index in [9.17, 15) is 5.11 Å². The van der Waals surface area contributed by atoms with Crippen molar-refractivity contribution in [2.24, 2.45) is 10.4 Å². The van der Waals surface area contributed by atoms with Gasteiger partial charge in [0.1, 0.15) is 5.75 Å². The molecule has 1 saturated heterocycles. The molecule has 1 aliphatic heterocycles. The van der Waals surface area contributed by atoms with E-state index in [0.29, 0.717) is 0 Å². The standard InChI is InChI=1S/C22H38N4O2/c1-5-22(6-2,12-17-27)18-24-21(23-7-3)26-15-13-25(14-16-26)19-10-8-9-11-20(19)28-4/h8-11,27H,5-7,12-18H2,1-4H3,(H,23,24). The summed E-state index contributed by atoms with van der Waals surface area (Å²) in [5.74, 6) is 1.92. The van der Waals surface area contributed by atoms with Crippen LogP contribution in [0.1, 0.15) is 40.0 Å². The third kappa shape index (κ3) is 5.53. The predicted molar refractivity (Wildman–Crippen MR) is 117 cm³/mol. The van der Waals surface area contributed by atoms with E-state index >= 15 is 0 Å². The molecule has 0 bridgehead atoms. The van der Waals surface area contributed by atoms with E-state index in [0.717, 1.165) is 75.9 Å². The molecule has 0 spiro atoms. The highest BCUT2D eigenvalue weighted by atomic mass is 16.5. The molecule has 0 saturated carbocycles. The first kappa shape index (κ1) is 22.3. The molecule has 0 amide bonds. The zero-order valence-corrected chi connectivity index (χ0v) is 18.1. The minimum atomic E-state index is 0.0919. The maximum Gasteiger partial charge on any atom is 0.194 e. The Morgan fingerprint density at radius 1 is 1.14 bits per heavy atom. The Bertz CT molecular complexity index is 608. The molecule has 1 aromatic rings. The van der Waals surface area contributed by atoms with Crippen LogP contribution in [0, 0.1) is 5.41 Å². The number of guanidine groups is 1. The highest BCUT2D eigenvalue weighted by molar-refractivity contribution is 5.80. The molecule has 0 aromatic heterocycles. The first-order valence-electron chi connectivity index (χ1n) is 10.6. The minimum absolute atomic E-state index is 0.0919. The van der Waals surface area contributed by atoms with Crippen LogP contribution in [0.15, 0.2) is 29.3 Å². The maximum atomic E-state index is 9.47. The largest absolute Gasteiger partial charge is 0.495 e. The van der Waals surface area contributed by atoms with Crippen molar-refractivity contribution in [1.29, 1.82) is 0 Å². The summed E-state index contributed by atoms with van der Waals surface area (Å²) in [5.41, 5.74) is 1.25. The SMILES string of the molecule is CCNC(=NCC(CC)(CC)CCO)N1CCN(c2ccccc2OC)CC1. The smallest absolute Gasteiger partial charge is 0.194 e. The van der Waals surface area contributed by atoms with E-state index in [-0.39, 0.29) is 12.0 Å². The average molecular weight is 391 g/mol. The van der Waals surface area contributed by atoms with E-state index in [4.69, 9.17) is 9.73 Å². The van der Waals surface area contributed by atoms with Crippen LogP contribution in [0.2, 0.25) is 0 Å². The lowest BCUT2D eigenvalue weighted by Gasteiger charge is -2.38. The minimum Gasteiger partial charge on any atom is -0.495 e. The highest BCUT2D eigenvalue weighted by Gasteiger charge is 2.27. The van der Waals surface area contributed by atoms with Crippen molar-refractivity contribution in [2.45, 2.75) is 40.0 Å². The molecular formula is C22H38N4O2. The van der Waals surface area contributed by atoms with Crippen molar-refractivity contribution in [2.75, 3.05) is 57.9 Å². The Morgan fingerprint density at radius 2 is 1.82 bits per heavy atom. The number of anilines is 1. The van der Waals surface area contributed by atoms with Crippen LogP contribution in [0.25, 0.3) is 0 Å². The zero-order chi connectivity index (χ0) is 20.4. The van der Waals surface area contributed by atoms with Crippen LogP contribution in [0.5, 0.6) is 5.75 Å². The number of nitrogens with one attached hydrogen (secondary N) is 1. The fourth-order valence-electron chi connectivity index (χ4n) is 3.86. The lowest BCUT2D eigenvalue weighted by molar-refractivity contribution is 0.175. The van der Waals surface area contributed by atoms with Gasteiger partial charge in [-0.2, -0.15) is 0 Å². The second kappa shape index (κ2) is 11.1. The molecule has 0 radical (unpaired) electrons. The van der Waals surface area contributed by atoms with Gasteiger partial charge in [-0.25, -0.2) is 0 Å². The van der Waals surface area contributed by atoms with Crippen LogP contribution < -0.4 is 15.0 Å². The van der Waals surface area contributed by atoms with Crippen molar-refractivity contribution in [1.82, 2.24) is 10.2 Å². The number of aliphatic hydroxyl groups excluding tert-OH is 1. The number of benzene rings is 1. The highest BCUT2D eigenvalue weighted by Crippen LogP contribution is 2.31. The zero-order valence-electron chi connectivity index (χ0n) is 18.1. The number of hydrogen-bond donors (Lipinski definition) is 2. The lowest BCUT2D eigenvalue weighted by atomic mass is 9.79. The third-order valence-corrected chi connectivity index (χ3v) is 6.05. The van der Waals surface area contributed by atoms with E-state index in [2.05, 4.69) is 48.0 Å². The van der Waals surface area contributed by atoms with E-state index < -0.39 is 0 Å². The summed E-state index contributed by atoms with van der Waals surface area (Å²) in [4.78, 5) is 9.71. The number of aliphatic hydroxyl groups is 1. The monoisotopic (exact) mass is 390 g/mol. The van der Waals surface area contributed by atoms with Crippen LogP contribution in [-0.4, -0.2) is 69.0 Å². The molecule has 6 nitrogen and oxygen atoms in total. The topological polar surface area (TPSA) is 60.3 Å². The molecule has 1 aliphatic rings. The number of ether oxygens (including phenoxy) is 1. The molecule has 2 rings (SSSR count). The van der Waals surface area contributed by atoms with Crippen LogP contribution in [0.4, 0.5) is 5.69 Å². The molecule has 158 valence electrons. The quantitative estimate of drug-likeness (QED) is 0.501. The number of piperazine rings is 1. The summed E-state index contributed by atoms with van der Waals surface area (Å²) in [6, 6.07) is 8.21. The maximum absolute atomic E-state index is 9.47. The number of para-hydroxylation sites is 2. The van der Waals surface area contributed by atoms with Gasteiger partial charge in [-0.15, -0.1) is 0 Å². The number of aliphatic imine (C=N–C) groups is 1. The van der Waals surface area contributed by atoms with Crippen LogP contribution in [0.3, 0.4) is 0 Å². The van der Waals surface area contributed by atoms with Crippen molar-refractivity contribution in [3.63, 3.8) is 0 Å². The Labute approximate surface area is 170 Å². The Balaban J connectivity index is 2.05. The number of nitrogens with zero attached hydrogens (tertiary/aromatic N) is 3. The van der Waals surface area contributed by atoms with E-state index in [1.807, 2.05) is 12.1 Å². The molecule has 2 N–H and O–H groups in total. The second-order valence-corrected chi connectivity index (χ2v) is 7.50. The summed E-state index contributed by atoms with van der Waals surface area (Å²) >= 11 is 0. The van der Waals surface area contributed by atoms with Gasteiger partial charge >= 0.3 is 0 Å². The fourth-order valence-corrected chi connectivity index (χ4v) is 3.86. The normalized spacial score (nSPS) is 15.7. The lowest BCUT2D eigenvalue weighted by Crippen LogP contribution is -2.53. The summed E-state index contributed by atoms with van der Waals surface area (Å²) in [6.45, 7) is 12.1. The summed E-state index contributed by atoms with van der Waals surface area (Å²) in [6.07, 6.45) is 2.88. The van der Waals surface area contributed by atoms with Crippen molar-refractivity contribution in [3.8, 4) is 5.75 Å². The van der Waals surface area contributed by atoms with Gasteiger partial charge < -0.3 is 25.0 Å². The van der Waals surface area contributed by atoms with Crippen molar-refractivity contribution in [3.05, 3.63) is 24.3 Å². The predicted octanol–water partition coefficient (Wildman–Crippen LogP) is 2.97. The molecule has 0 aliphatic carbocycles. The fraction of sp³-hybridized carbons (Fsp3) is 0.682. The van der Waals surface area contributed by atoms with Crippen LogP contribution in [-0.2, 0) is 0 Å². The van der Waals surface area contributed by atoms with Gasteiger partial charge in [0.15, 0.2) is 5.96 Å². The van der Waals surface area contributed by atoms with E-state index in [1.165, 1.54) is 0 Å². The third-order valence-electron chi connectivity index (χ3n) is 6.05. The molecule has 28 heavy (non-hydrogen) atoms. The molecule has 0 atom stereocenters. The summed E-state index contributed by atoms with van der Waals surface area (Å²) < 4.78 is 5.52. The molecule has 1 aromatic carbocycles. The van der Waals surface area contributed by atoms with Gasteiger partial charge in [0.25, 0.3) is 0 Å². The van der Waals surface area contributed by atoms with Gasteiger partial charge in [0, 0.05) is 45.9 Å². The molecule has 0 unspecified atom stereocenters. The van der Waals surface area contributed by atoms with Gasteiger partial charge in [-0.05, 0) is 43.7 Å². The molecule has 1 heterocycles. The van der Waals surface area contributed by atoms with Crippen molar-refractivity contribution >= 4 is 11.6 Å². The first-order valence-corrected chi connectivity index (χ1v) is 10.6. The van der Waals surface area contributed by atoms with Crippen molar-refractivity contribution < 1.29 is 9.84 Å². The van der Waals surface area contributed by atoms with Gasteiger partial charge in [0.2, 0.25) is 0 Å². The van der Waals surface area contributed by atoms with E-state index in [1.54, 1.807) is 7.11 Å². The molecular weight excluding hydrogens is 352 g/mol. The number of hydrogen-bond acceptors (Lipinski definition) is 4. The molecule has 1 fully saturated rings.